The SMILES string of the molecule is CCCC1(C(=O)O)CCN(C(=O)NC2CC=CCC2)CC1. The molecule has 0 aromatic rings. The molecule has 2 amide bonds. The number of aliphatic carboxylic acids is 1. The van der Waals surface area contributed by atoms with Crippen LogP contribution in [-0.4, -0.2) is 41.1 Å². The van der Waals surface area contributed by atoms with Crippen molar-refractivity contribution in [3.8, 4) is 0 Å². The highest BCUT2D eigenvalue weighted by atomic mass is 16.4. The number of urea groups is 1. The molecular formula is C16H26N2O3. The molecule has 1 unspecified atom stereocenters. The van der Waals surface area contributed by atoms with Crippen molar-refractivity contribution in [2.75, 3.05) is 13.1 Å². The average molecular weight is 294 g/mol. The number of hydrogen-bond acceptors (Lipinski definition) is 2. The van der Waals surface area contributed by atoms with Crippen LogP contribution in [0.2, 0.25) is 0 Å². The lowest BCUT2D eigenvalue weighted by Crippen LogP contribution is -2.51. The fourth-order valence-corrected chi connectivity index (χ4v) is 3.38. The molecule has 0 aromatic heterocycles. The van der Waals surface area contributed by atoms with Gasteiger partial charge in [0.05, 0.1) is 5.41 Å². The van der Waals surface area contributed by atoms with E-state index in [1.165, 1.54) is 0 Å². The summed E-state index contributed by atoms with van der Waals surface area (Å²) in [4.78, 5) is 25.6. The zero-order valence-electron chi connectivity index (χ0n) is 12.8. The van der Waals surface area contributed by atoms with Crippen LogP contribution in [0.15, 0.2) is 12.2 Å². The van der Waals surface area contributed by atoms with Crippen molar-refractivity contribution in [3.05, 3.63) is 12.2 Å². The number of likely N-dealkylation sites (tertiary alicyclic amines) is 1. The molecule has 1 atom stereocenters. The Bertz CT molecular complexity index is 412. The van der Waals surface area contributed by atoms with Crippen LogP contribution in [0.25, 0.3) is 0 Å². The second-order valence-corrected chi connectivity index (χ2v) is 6.25. The molecule has 2 aliphatic rings. The summed E-state index contributed by atoms with van der Waals surface area (Å²) in [6.45, 7) is 3.10. The molecular weight excluding hydrogens is 268 g/mol. The van der Waals surface area contributed by atoms with Gasteiger partial charge in [0.15, 0.2) is 0 Å². The second-order valence-electron chi connectivity index (χ2n) is 6.25. The maximum Gasteiger partial charge on any atom is 0.317 e. The van der Waals surface area contributed by atoms with Crippen molar-refractivity contribution in [3.63, 3.8) is 0 Å². The number of hydrogen-bond donors (Lipinski definition) is 2. The Hall–Kier alpha value is -1.52. The number of rotatable bonds is 4. The van der Waals surface area contributed by atoms with Crippen LogP contribution < -0.4 is 5.32 Å². The molecule has 0 bridgehead atoms. The molecule has 0 saturated carbocycles. The van der Waals surface area contributed by atoms with E-state index in [1.807, 2.05) is 6.92 Å². The number of carbonyl (C=O) groups excluding carboxylic acids is 1. The summed E-state index contributed by atoms with van der Waals surface area (Å²) in [5, 5.41) is 12.5. The van der Waals surface area contributed by atoms with Gasteiger partial charge in [-0.15, -0.1) is 0 Å². The van der Waals surface area contributed by atoms with Gasteiger partial charge in [-0.25, -0.2) is 4.79 Å². The Morgan fingerprint density at radius 3 is 2.57 bits per heavy atom. The van der Waals surface area contributed by atoms with E-state index >= 15 is 0 Å². The highest BCUT2D eigenvalue weighted by Crippen LogP contribution is 2.36. The quantitative estimate of drug-likeness (QED) is 0.783. The van der Waals surface area contributed by atoms with Gasteiger partial charge in [-0.05, 0) is 38.5 Å². The zero-order valence-corrected chi connectivity index (χ0v) is 12.8. The summed E-state index contributed by atoms with van der Waals surface area (Å²) < 4.78 is 0. The summed E-state index contributed by atoms with van der Waals surface area (Å²) in [6, 6.07) is 0.190. The lowest BCUT2D eigenvalue weighted by molar-refractivity contribution is -0.152. The average Bonchev–Trinajstić information content (AvgIpc) is 2.49. The van der Waals surface area contributed by atoms with E-state index in [2.05, 4.69) is 17.5 Å². The van der Waals surface area contributed by atoms with Crippen LogP contribution in [-0.2, 0) is 4.79 Å². The van der Waals surface area contributed by atoms with Crippen molar-refractivity contribution in [1.29, 1.82) is 0 Å². The van der Waals surface area contributed by atoms with Gasteiger partial charge in [0.1, 0.15) is 0 Å². The van der Waals surface area contributed by atoms with Gasteiger partial charge < -0.3 is 15.3 Å². The van der Waals surface area contributed by atoms with Crippen LogP contribution in [0, 0.1) is 5.41 Å². The van der Waals surface area contributed by atoms with Gasteiger partial charge in [0, 0.05) is 19.1 Å². The molecule has 1 fully saturated rings. The van der Waals surface area contributed by atoms with E-state index in [4.69, 9.17) is 0 Å². The Kier molecular flexibility index (Phi) is 5.26. The molecule has 1 aliphatic heterocycles. The lowest BCUT2D eigenvalue weighted by Gasteiger charge is -2.39. The molecule has 118 valence electrons. The highest BCUT2D eigenvalue weighted by Gasteiger charge is 2.41. The molecule has 1 aliphatic carbocycles. The molecule has 0 radical (unpaired) electrons. The smallest absolute Gasteiger partial charge is 0.317 e. The standard InChI is InChI=1S/C16H26N2O3/c1-2-8-16(14(19)20)9-11-18(12-10-16)15(21)17-13-6-4-3-5-7-13/h3-4,13H,2,5-12H2,1H3,(H,17,21)(H,19,20). The topological polar surface area (TPSA) is 69.6 Å². The van der Waals surface area contributed by atoms with Gasteiger partial charge in [-0.2, -0.15) is 0 Å². The van der Waals surface area contributed by atoms with Crippen LogP contribution in [0.4, 0.5) is 4.79 Å². The van der Waals surface area contributed by atoms with E-state index in [1.54, 1.807) is 4.90 Å². The van der Waals surface area contributed by atoms with Gasteiger partial charge in [0.2, 0.25) is 0 Å². The summed E-state index contributed by atoms with van der Waals surface area (Å²) in [6.07, 6.45) is 9.86. The third-order valence-corrected chi connectivity index (χ3v) is 4.79. The second kappa shape index (κ2) is 6.96. The molecule has 1 heterocycles. The zero-order chi connectivity index (χ0) is 15.3. The third kappa shape index (κ3) is 3.77. The van der Waals surface area contributed by atoms with E-state index in [9.17, 15) is 14.7 Å². The van der Waals surface area contributed by atoms with Crippen molar-refractivity contribution < 1.29 is 14.7 Å². The number of piperidine rings is 1. The fraction of sp³-hybridized carbons (Fsp3) is 0.750. The molecule has 2 N–H and O–H groups in total. The number of nitrogens with one attached hydrogen (secondary N) is 1. The van der Waals surface area contributed by atoms with E-state index in [-0.39, 0.29) is 12.1 Å². The third-order valence-electron chi connectivity index (χ3n) is 4.79. The van der Waals surface area contributed by atoms with Crippen molar-refractivity contribution in [2.24, 2.45) is 5.41 Å². The Balaban J connectivity index is 1.86. The predicted octanol–water partition coefficient (Wildman–Crippen LogP) is 2.77. The Labute approximate surface area is 126 Å². The number of allylic oxidation sites excluding steroid dienone is 1. The highest BCUT2D eigenvalue weighted by molar-refractivity contribution is 5.77. The first-order valence-electron chi connectivity index (χ1n) is 8.01. The van der Waals surface area contributed by atoms with Gasteiger partial charge in [0.25, 0.3) is 0 Å². The first-order valence-corrected chi connectivity index (χ1v) is 8.01. The van der Waals surface area contributed by atoms with Crippen molar-refractivity contribution >= 4 is 12.0 Å². The summed E-state index contributed by atoms with van der Waals surface area (Å²) in [5.41, 5.74) is -0.626. The van der Waals surface area contributed by atoms with Gasteiger partial charge >= 0.3 is 12.0 Å². The molecule has 0 aromatic carbocycles. The molecule has 5 nitrogen and oxygen atoms in total. The minimum Gasteiger partial charge on any atom is -0.481 e. The monoisotopic (exact) mass is 294 g/mol. The lowest BCUT2D eigenvalue weighted by atomic mass is 9.75. The largest absolute Gasteiger partial charge is 0.481 e. The maximum atomic E-state index is 12.2. The van der Waals surface area contributed by atoms with Crippen LogP contribution in [0.1, 0.15) is 51.9 Å². The minimum atomic E-state index is -0.707. The van der Waals surface area contributed by atoms with Crippen molar-refractivity contribution in [2.45, 2.75) is 57.9 Å². The number of nitrogens with zero attached hydrogens (tertiary/aromatic N) is 1. The number of carboxylic acids is 1. The molecule has 21 heavy (non-hydrogen) atoms. The fourth-order valence-electron chi connectivity index (χ4n) is 3.38. The van der Waals surface area contributed by atoms with E-state index < -0.39 is 11.4 Å². The normalized spacial score (nSPS) is 24.6. The maximum absolute atomic E-state index is 12.2. The molecule has 0 spiro atoms. The van der Waals surface area contributed by atoms with E-state index in [0.29, 0.717) is 32.4 Å². The summed E-state index contributed by atoms with van der Waals surface area (Å²) in [5.74, 6) is -0.707. The Morgan fingerprint density at radius 2 is 2.05 bits per heavy atom. The Morgan fingerprint density at radius 1 is 1.33 bits per heavy atom. The summed E-state index contributed by atoms with van der Waals surface area (Å²) >= 11 is 0. The number of carboxylic acid groups (broad SMARTS) is 1. The predicted molar refractivity (Wildman–Crippen MR) is 81.1 cm³/mol. The van der Waals surface area contributed by atoms with E-state index in [0.717, 1.165) is 25.7 Å². The van der Waals surface area contributed by atoms with Gasteiger partial charge in [-0.1, -0.05) is 25.5 Å². The first kappa shape index (κ1) is 15.9. The van der Waals surface area contributed by atoms with Gasteiger partial charge in [-0.3, -0.25) is 4.79 Å². The van der Waals surface area contributed by atoms with Crippen LogP contribution >= 0.6 is 0 Å². The molecule has 1 saturated heterocycles. The van der Waals surface area contributed by atoms with Crippen molar-refractivity contribution in [1.82, 2.24) is 10.2 Å². The first-order chi connectivity index (χ1) is 10.1. The number of carbonyl (C=O) groups is 2. The number of amides is 2. The molecule has 5 heteroatoms. The summed E-state index contributed by atoms with van der Waals surface area (Å²) in [7, 11) is 0. The van der Waals surface area contributed by atoms with Crippen LogP contribution in [0.3, 0.4) is 0 Å². The minimum absolute atomic E-state index is 0.0363. The molecule has 2 rings (SSSR count). The van der Waals surface area contributed by atoms with Crippen LogP contribution in [0.5, 0.6) is 0 Å².